The largest absolute Gasteiger partial charge is 0.495 e. The summed E-state index contributed by atoms with van der Waals surface area (Å²) in [6.45, 7) is 0.529. The van der Waals surface area contributed by atoms with Crippen LogP contribution in [0.25, 0.3) is 0 Å². The second-order valence-electron chi connectivity index (χ2n) is 4.24. The molecule has 100 valence electrons. The molecule has 0 saturated carbocycles. The van der Waals surface area contributed by atoms with Crippen LogP contribution in [0.15, 0.2) is 36.4 Å². The van der Waals surface area contributed by atoms with Gasteiger partial charge < -0.3 is 27.3 Å². The lowest BCUT2D eigenvalue weighted by molar-refractivity contribution is 0.416. The molecule has 0 saturated heterocycles. The van der Waals surface area contributed by atoms with Gasteiger partial charge >= 0.3 is 0 Å². The van der Waals surface area contributed by atoms with Crippen molar-refractivity contribution in [2.45, 2.75) is 6.54 Å². The van der Waals surface area contributed by atoms with E-state index >= 15 is 0 Å². The van der Waals surface area contributed by atoms with Gasteiger partial charge in [-0.3, -0.25) is 0 Å². The average Bonchev–Trinajstić information content (AvgIpc) is 2.40. The quantitative estimate of drug-likeness (QED) is 0.629. The fourth-order valence-electron chi connectivity index (χ4n) is 1.87. The van der Waals surface area contributed by atoms with E-state index in [1.807, 2.05) is 24.3 Å². The third kappa shape index (κ3) is 2.82. The van der Waals surface area contributed by atoms with Gasteiger partial charge in [0.25, 0.3) is 0 Å². The molecule has 0 aliphatic heterocycles. The number of hydrogen-bond donors (Lipinski definition) is 4. The van der Waals surface area contributed by atoms with Crippen LogP contribution >= 0.6 is 0 Å². The van der Waals surface area contributed by atoms with Crippen LogP contribution < -0.4 is 27.3 Å². The summed E-state index contributed by atoms with van der Waals surface area (Å²) >= 11 is 0. The van der Waals surface area contributed by atoms with E-state index in [-0.39, 0.29) is 0 Å². The van der Waals surface area contributed by atoms with E-state index in [1.54, 1.807) is 19.2 Å². The van der Waals surface area contributed by atoms with Crippen LogP contribution in [0.2, 0.25) is 0 Å². The molecule has 19 heavy (non-hydrogen) atoms. The highest BCUT2D eigenvalue weighted by Gasteiger charge is 2.07. The number of nitrogens with one attached hydrogen (secondary N) is 1. The van der Waals surface area contributed by atoms with Gasteiger partial charge in [-0.2, -0.15) is 0 Å². The fourth-order valence-corrected chi connectivity index (χ4v) is 1.87. The number of ether oxygens (including phenoxy) is 1. The zero-order valence-electron chi connectivity index (χ0n) is 10.8. The maximum Gasteiger partial charge on any atom is 0.144 e. The lowest BCUT2D eigenvalue weighted by Crippen LogP contribution is -2.06. The van der Waals surface area contributed by atoms with Crippen LogP contribution in [0, 0.1) is 0 Å². The number of hydrogen-bond acceptors (Lipinski definition) is 5. The Bertz CT molecular complexity index is 584. The smallest absolute Gasteiger partial charge is 0.144 e. The van der Waals surface area contributed by atoms with Crippen LogP contribution in [0.5, 0.6) is 5.75 Å². The SMILES string of the molecule is COc1cccc(N)c1NCc1cc(N)ccc1N. The van der Waals surface area contributed by atoms with E-state index in [1.165, 1.54) is 0 Å². The molecule has 0 unspecified atom stereocenters. The van der Waals surface area contributed by atoms with Gasteiger partial charge in [0.1, 0.15) is 11.4 Å². The van der Waals surface area contributed by atoms with E-state index < -0.39 is 0 Å². The maximum absolute atomic E-state index is 5.93. The maximum atomic E-state index is 5.93. The van der Waals surface area contributed by atoms with E-state index in [2.05, 4.69) is 5.32 Å². The van der Waals surface area contributed by atoms with Gasteiger partial charge in [0.15, 0.2) is 0 Å². The molecule has 0 fully saturated rings. The molecule has 0 aliphatic carbocycles. The molecule has 0 radical (unpaired) electrons. The molecule has 0 atom stereocenters. The van der Waals surface area contributed by atoms with Gasteiger partial charge in [-0.1, -0.05) is 6.07 Å². The van der Waals surface area contributed by atoms with Crippen LogP contribution in [-0.2, 0) is 6.54 Å². The first-order valence-electron chi connectivity index (χ1n) is 5.92. The van der Waals surface area contributed by atoms with Gasteiger partial charge in [-0.05, 0) is 35.9 Å². The minimum Gasteiger partial charge on any atom is -0.495 e. The van der Waals surface area contributed by atoms with Crippen molar-refractivity contribution >= 4 is 22.7 Å². The van der Waals surface area contributed by atoms with Crippen molar-refractivity contribution in [3.05, 3.63) is 42.0 Å². The zero-order chi connectivity index (χ0) is 13.8. The number of para-hydroxylation sites is 1. The summed E-state index contributed by atoms with van der Waals surface area (Å²) in [5, 5.41) is 3.23. The highest BCUT2D eigenvalue weighted by molar-refractivity contribution is 5.73. The van der Waals surface area contributed by atoms with E-state index in [9.17, 15) is 0 Å². The Morgan fingerprint density at radius 2 is 1.84 bits per heavy atom. The number of benzene rings is 2. The molecule has 0 spiro atoms. The van der Waals surface area contributed by atoms with E-state index in [0.29, 0.717) is 29.4 Å². The number of methoxy groups -OCH3 is 1. The second-order valence-corrected chi connectivity index (χ2v) is 4.24. The fraction of sp³-hybridized carbons (Fsp3) is 0.143. The monoisotopic (exact) mass is 258 g/mol. The number of nitrogens with two attached hydrogens (primary N) is 3. The lowest BCUT2D eigenvalue weighted by atomic mass is 10.1. The van der Waals surface area contributed by atoms with Gasteiger partial charge in [0.2, 0.25) is 0 Å². The molecular formula is C14H18N4O. The third-order valence-corrected chi connectivity index (χ3v) is 2.90. The predicted molar refractivity (Wildman–Crippen MR) is 80.0 cm³/mol. The molecule has 7 N–H and O–H groups in total. The van der Waals surface area contributed by atoms with Gasteiger partial charge in [0.05, 0.1) is 12.8 Å². The Labute approximate surface area is 112 Å². The minimum absolute atomic E-state index is 0.529. The Morgan fingerprint density at radius 3 is 2.58 bits per heavy atom. The summed E-state index contributed by atoms with van der Waals surface area (Å²) in [6.07, 6.45) is 0. The average molecular weight is 258 g/mol. The second kappa shape index (κ2) is 5.39. The van der Waals surface area contributed by atoms with Crippen molar-refractivity contribution in [1.82, 2.24) is 0 Å². The molecule has 2 aromatic rings. The summed E-state index contributed by atoms with van der Waals surface area (Å²) in [5.74, 6) is 0.697. The molecule has 5 heteroatoms. The molecule has 0 bridgehead atoms. The van der Waals surface area contributed by atoms with Crippen molar-refractivity contribution in [1.29, 1.82) is 0 Å². The van der Waals surface area contributed by atoms with Crippen molar-refractivity contribution in [3.63, 3.8) is 0 Å². The highest BCUT2D eigenvalue weighted by Crippen LogP contribution is 2.31. The third-order valence-electron chi connectivity index (χ3n) is 2.90. The van der Waals surface area contributed by atoms with Gasteiger partial charge in [-0.25, -0.2) is 0 Å². The summed E-state index contributed by atoms with van der Waals surface area (Å²) < 4.78 is 5.27. The first-order chi connectivity index (χ1) is 9.11. The van der Waals surface area contributed by atoms with E-state index in [0.717, 1.165) is 11.3 Å². The van der Waals surface area contributed by atoms with Crippen molar-refractivity contribution in [3.8, 4) is 5.75 Å². The Balaban J connectivity index is 2.21. The van der Waals surface area contributed by atoms with Crippen molar-refractivity contribution < 1.29 is 4.74 Å². The molecule has 0 aromatic heterocycles. The number of nitrogen functional groups attached to an aromatic ring is 3. The molecule has 0 aliphatic rings. The summed E-state index contributed by atoms with van der Waals surface area (Å²) in [4.78, 5) is 0. The first-order valence-corrected chi connectivity index (χ1v) is 5.92. The predicted octanol–water partition coefficient (Wildman–Crippen LogP) is 2.05. The van der Waals surface area contributed by atoms with Crippen molar-refractivity contribution in [2.24, 2.45) is 0 Å². The summed E-state index contributed by atoms with van der Waals surface area (Å²) in [7, 11) is 1.61. The van der Waals surface area contributed by atoms with Crippen LogP contribution in [0.4, 0.5) is 22.7 Å². The van der Waals surface area contributed by atoms with Crippen molar-refractivity contribution in [2.75, 3.05) is 29.6 Å². The topological polar surface area (TPSA) is 99.3 Å². The lowest BCUT2D eigenvalue weighted by Gasteiger charge is -2.14. The zero-order valence-corrected chi connectivity index (χ0v) is 10.8. The van der Waals surface area contributed by atoms with E-state index in [4.69, 9.17) is 21.9 Å². The van der Waals surface area contributed by atoms with Gasteiger partial charge in [-0.15, -0.1) is 0 Å². The summed E-state index contributed by atoms with van der Waals surface area (Å²) in [6, 6.07) is 10.9. The molecular weight excluding hydrogens is 240 g/mol. The Morgan fingerprint density at radius 1 is 1.05 bits per heavy atom. The minimum atomic E-state index is 0.529. The standard InChI is InChI=1S/C14H18N4O/c1-19-13-4-2-3-12(17)14(13)18-8-9-7-10(15)5-6-11(9)16/h2-7,18H,8,15-17H2,1H3. The number of anilines is 4. The summed E-state index contributed by atoms with van der Waals surface area (Å²) in [5.41, 5.74) is 21.3. The molecule has 2 rings (SSSR count). The molecule has 0 amide bonds. The normalized spacial score (nSPS) is 10.2. The first kappa shape index (κ1) is 12.9. The number of rotatable bonds is 4. The Kier molecular flexibility index (Phi) is 3.66. The molecule has 2 aromatic carbocycles. The van der Waals surface area contributed by atoms with Crippen LogP contribution in [0.3, 0.4) is 0 Å². The van der Waals surface area contributed by atoms with Crippen LogP contribution in [-0.4, -0.2) is 7.11 Å². The van der Waals surface area contributed by atoms with Crippen LogP contribution in [0.1, 0.15) is 5.56 Å². The Hall–Kier alpha value is -2.56. The molecule has 5 nitrogen and oxygen atoms in total. The highest BCUT2D eigenvalue weighted by atomic mass is 16.5. The molecule has 0 heterocycles. The van der Waals surface area contributed by atoms with Gasteiger partial charge in [0, 0.05) is 17.9 Å².